The molecule has 0 saturated carbocycles. The maximum Gasteiger partial charge on any atom is 0.263 e. The van der Waals surface area contributed by atoms with Gasteiger partial charge in [-0.3, -0.25) is 14.6 Å². The van der Waals surface area contributed by atoms with Crippen molar-refractivity contribution in [2.45, 2.75) is 38.1 Å². The molecule has 166 valence electrons. The lowest BCUT2D eigenvalue weighted by Gasteiger charge is -2.16. The first-order chi connectivity index (χ1) is 15.6. The molecular formula is C23H26N6O2S. The first kappa shape index (κ1) is 21.8. The zero-order valence-corrected chi connectivity index (χ0v) is 18.7. The number of nitrogens with one attached hydrogen (secondary N) is 4. The third-order valence-corrected chi connectivity index (χ3v) is 6.20. The summed E-state index contributed by atoms with van der Waals surface area (Å²) in [5, 5.41) is 6.88. The molecule has 8 nitrogen and oxygen atoms in total. The van der Waals surface area contributed by atoms with Gasteiger partial charge in [-0.1, -0.05) is 25.0 Å². The number of carbonyl (C=O) groups is 2. The number of carbonyl (C=O) groups excluding carboxylic acids is 2. The summed E-state index contributed by atoms with van der Waals surface area (Å²) in [7, 11) is 1.65. The molecule has 2 amide bonds. The molecule has 0 spiro atoms. The molecule has 1 atom stereocenters. The summed E-state index contributed by atoms with van der Waals surface area (Å²) in [6, 6.07) is 7.98. The van der Waals surface area contributed by atoms with E-state index >= 15 is 0 Å². The van der Waals surface area contributed by atoms with Gasteiger partial charge in [0.15, 0.2) is 0 Å². The fraction of sp³-hybridized carbons (Fsp3) is 0.304. The van der Waals surface area contributed by atoms with E-state index in [4.69, 9.17) is 0 Å². The van der Waals surface area contributed by atoms with Crippen molar-refractivity contribution in [2.75, 3.05) is 7.05 Å². The van der Waals surface area contributed by atoms with E-state index in [1.165, 1.54) is 11.3 Å². The third kappa shape index (κ3) is 5.23. The van der Waals surface area contributed by atoms with Crippen LogP contribution in [0.15, 0.2) is 48.4 Å². The zero-order valence-electron chi connectivity index (χ0n) is 17.9. The highest BCUT2D eigenvalue weighted by molar-refractivity contribution is 7.11. The summed E-state index contributed by atoms with van der Waals surface area (Å²) in [5.74, 6) is 0.610. The zero-order chi connectivity index (χ0) is 22.3. The molecule has 4 aromatic rings. The second kappa shape index (κ2) is 10.2. The van der Waals surface area contributed by atoms with Gasteiger partial charge in [-0.25, -0.2) is 4.98 Å². The standard InChI is InChI=1S/C23H26N6O2S/c1-24-21(30)6-4-2-3-5-17(29-23(31)20-13-25-14-32-20)22-27-12-19(28-22)16-8-7-15-9-10-26-18(15)11-16/h7-14,17,26H,2-6H2,1H3,(H,24,30)(H,27,28)(H,29,31). The number of aromatic amines is 2. The molecular weight excluding hydrogens is 424 g/mol. The average Bonchev–Trinajstić information content (AvgIpc) is 3.58. The van der Waals surface area contributed by atoms with E-state index in [1.807, 2.05) is 12.3 Å². The van der Waals surface area contributed by atoms with Crippen LogP contribution in [0.3, 0.4) is 0 Å². The van der Waals surface area contributed by atoms with Crippen molar-refractivity contribution in [3.8, 4) is 11.3 Å². The molecule has 3 aromatic heterocycles. The number of nitrogens with zero attached hydrogens (tertiary/aromatic N) is 2. The third-order valence-electron chi connectivity index (χ3n) is 5.43. The summed E-state index contributed by atoms with van der Waals surface area (Å²) in [6.45, 7) is 0. The second-order valence-electron chi connectivity index (χ2n) is 7.63. The summed E-state index contributed by atoms with van der Waals surface area (Å²) in [6.07, 6.45) is 9.11. The fourth-order valence-corrected chi connectivity index (χ4v) is 4.17. The van der Waals surface area contributed by atoms with E-state index in [2.05, 4.69) is 48.8 Å². The molecule has 32 heavy (non-hydrogen) atoms. The molecule has 4 N–H and O–H groups in total. The lowest BCUT2D eigenvalue weighted by atomic mass is 10.1. The molecule has 0 radical (unpaired) electrons. The monoisotopic (exact) mass is 450 g/mol. The average molecular weight is 451 g/mol. The van der Waals surface area contributed by atoms with Crippen molar-refractivity contribution in [3.05, 3.63) is 59.1 Å². The summed E-state index contributed by atoms with van der Waals surface area (Å²) in [4.78, 5) is 39.8. The van der Waals surface area contributed by atoms with Gasteiger partial charge in [0, 0.05) is 30.7 Å². The molecule has 1 aromatic carbocycles. The van der Waals surface area contributed by atoms with Crippen LogP contribution in [-0.2, 0) is 4.79 Å². The van der Waals surface area contributed by atoms with Crippen molar-refractivity contribution in [2.24, 2.45) is 0 Å². The highest BCUT2D eigenvalue weighted by Gasteiger charge is 2.20. The molecule has 0 fully saturated rings. The van der Waals surface area contributed by atoms with Gasteiger partial charge in [0.25, 0.3) is 5.91 Å². The SMILES string of the molecule is CNC(=O)CCCCCC(NC(=O)c1cncs1)c1ncc(-c2ccc3cc[nH]c3c2)[nH]1. The van der Waals surface area contributed by atoms with Crippen LogP contribution in [0.25, 0.3) is 22.2 Å². The Balaban J connectivity index is 1.47. The normalized spacial score (nSPS) is 12.0. The number of amides is 2. The number of hydrogen-bond donors (Lipinski definition) is 4. The molecule has 9 heteroatoms. The Hall–Kier alpha value is -3.46. The number of imidazole rings is 1. The lowest BCUT2D eigenvalue weighted by molar-refractivity contribution is -0.120. The maximum atomic E-state index is 12.7. The van der Waals surface area contributed by atoms with Gasteiger partial charge >= 0.3 is 0 Å². The minimum Gasteiger partial charge on any atom is -0.361 e. The second-order valence-corrected chi connectivity index (χ2v) is 8.51. The van der Waals surface area contributed by atoms with Crippen molar-refractivity contribution in [3.63, 3.8) is 0 Å². The van der Waals surface area contributed by atoms with Gasteiger partial charge in [0.2, 0.25) is 5.91 Å². The van der Waals surface area contributed by atoms with Gasteiger partial charge in [-0.2, -0.15) is 0 Å². The molecule has 3 heterocycles. The van der Waals surface area contributed by atoms with Gasteiger partial charge < -0.3 is 20.6 Å². The Bertz CT molecular complexity index is 1180. The highest BCUT2D eigenvalue weighted by Crippen LogP contribution is 2.25. The fourth-order valence-electron chi connectivity index (χ4n) is 3.65. The van der Waals surface area contributed by atoms with E-state index in [9.17, 15) is 9.59 Å². The van der Waals surface area contributed by atoms with Crippen molar-refractivity contribution in [1.82, 2.24) is 30.6 Å². The smallest absolute Gasteiger partial charge is 0.263 e. The number of unbranched alkanes of at least 4 members (excludes halogenated alkanes) is 2. The number of hydrogen-bond acceptors (Lipinski definition) is 5. The van der Waals surface area contributed by atoms with Crippen LogP contribution in [0.5, 0.6) is 0 Å². The summed E-state index contributed by atoms with van der Waals surface area (Å²) >= 11 is 1.31. The van der Waals surface area contributed by atoms with Crippen LogP contribution < -0.4 is 10.6 Å². The number of aromatic nitrogens is 4. The minimum absolute atomic E-state index is 0.0507. The van der Waals surface area contributed by atoms with E-state index in [0.29, 0.717) is 11.3 Å². The predicted octanol–water partition coefficient (Wildman–Crippen LogP) is 4.18. The number of benzene rings is 1. The van der Waals surface area contributed by atoms with Crippen molar-refractivity contribution < 1.29 is 9.59 Å². The number of thiazole rings is 1. The van der Waals surface area contributed by atoms with Gasteiger partial charge in [0.05, 0.1) is 29.6 Å². The van der Waals surface area contributed by atoms with E-state index in [1.54, 1.807) is 25.0 Å². The Morgan fingerprint density at radius 3 is 2.88 bits per heavy atom. The number of fused-ring (bicyclic) bond motifs is 1. The van der Waals surface area contributed by atoms with Crippen LogP contribution in [0.1, 0.15) is 53.6 Å². The van der Waals surface area contributed by atoms with Crippen LogP contribution in [0.2, 0.25) is 0 Å². The van der Waals surface area contributed by atoms with Crippen LogP contribution in [0.4, 0.5) is 0 Å². The Kier molecular flexibility index (Phi) is 6.96. The molecule has 0 bridgehead atoms. The molecule has 0 aliphatic carbocycles. The van der Waals surface area contributed by atoms with E-state index < -0.39 is 0 Å². The topological polar surface area (TPSA) is 116 Å². The van der Waals surface area contributed by atoms with Crippen molar-refractivity contribution in [1.29, 1.82) is 0 Å². The highest BCUT2D eigenvalue weighted by atomic mass is 32.1. The van der Waals surface area contributed by atoms with Crippen LogP contribution >= 0.6 is 11.3 Å². The first-order valence-corrected chi connectivity index (χ1v) is 11.5. The maximum absolute atomic E-state index is 12.7. The van der Waals surface area contributed by atoms with E-state index in [-0.39, 0.29) is 17.9 Å². The Labute approximate surface area is 189 Å². The summed E-state index contributed by atoms with van der Waals surface area (Å²) < 4.78 is 0. The number of H-pyrrole nitrogens is 2. The Morgan fingerprint density at radius 2 is 2.06 bits per heavy atom. The first-order valence-electron chi connectivity index (χ1n) is 10.7. The van der Waals surface area contributed by atoms with Gasteiger partial charge in [0.1, 0.15) is 10.7 Å². The Morgan fingerprint density at radius 1 is 1.16 bits per heavy atom. The number of rotatable bonds is 10. The van der Waals surface area contributed by atoms with E-state index in [0.717, 1.165) is 53.7 Å². The molecule has 0 aliphatic heterocycles. The van der Waals surface area contributed by atoms with Crippen molar-refractivity contribution >= 4 is 34.1 Å². The van der Waals surface area contributed by atoms with Crippen LogP contribution in [-0.4, -0.2) is 38.8 Å². The minimum atomic E-state index is -0.257. The molecule has 4 rings (SSSR count). The molecule has 0 aliphatic rings. The predicted molar refractivity (Wildman–Crippen MR) is 125 cm³/mol. The lowest BCUT2D eigenvalue weighted by Crippen LogP contribution is -2.28. The quantitative estimate of drug-likeness (QED) is 0.271. The summed E-state index contributed by atoms with van der Waals surface area (Å²) in [5.41, 5.74) is 4.62. The van der Waals surface area contributed by atoms with Gasteiger partial charge in [-0.15, -0.1) is 11.3 Å². The van der Waals surface area contributed by atoms with Gasteiger partial charge in [-0.05, 0) is 30.4 Å². The largest absolute Gasteiger partial charge is 0.361 e. The molecule has 0 saturated heterocycles. The van der Waals surface area contributed by atoms with Crippen LogP contribution in [0, 0.1) is 0 Å². The molecule has 1 unspecified atom stereocenters.